The average Bonchev–Trinajstić information content (AvgIpc) is 2.47. The fourth-order valence-corrected chi connectivity index (χ4v) is 5.13. The quantitative estimate of drug-likeness (QED) is 0.872. The Bertz CT molecular complexity index is 609. The van der Waals surface area contributed by atoms with Gasteiger partial charge in [0.15, 0.2) is 9.84 Å². The van der Waals surface area contributed by atoms with E-state index in [2.05, 4.69) is 5.32 Å². The zero-order valence-corrected chi connectivity index (χ0v) is 13.0. The van der Waals surface area contributed by atoms with Crippen molar-refractivity contribution < 1.29 is 12.8 Å². The molecular formula is C16H22FNO2S. The molecule has 1 N–H and O–H groups in total. The van der Waals surface area contributed by atoms with Gasteiger partial charge in [-0.1, -0.05) is 19.3 Å². The van der Waals surface area contributed by atoms with Crippen molar-refractivity contribution in [2.75, 3.05) is 12.3 Å². The molecule has 1 aromatic carbocycles. The molecule has 0 aromatic heterocycles. The Morgan fingerprint density at radius 2 is 1.90 bits per heavy atom. The molecule has 1 unspecified atom stereocenters. The number of hydrogen-bond donors (Lipinski definition) is 1. The molecule has 1 heterocycles. The van der Waals surface area contributed by atoms with E-state index in [0.717, 1.165) is 6.54 Å². The minimum absolute atomic E-state index is 0.0406. The Morgan fingerprint density at radius 3 is 2.67 bits per heavy atom. The fraction of sp³-hybridized carbons (Fsp3) is 0.625. The molecule has 0 radical (unpaired) electrons. The van der Waals surface area contributed by atoms with Crippen LogP contribution in [0, 0.1) is 11.7 Å². The number of sulfone groups is 1. The van der Waals surface area contributed by atoms with Crippen LogP contribution in [-0.2, 0) is 9.84 Å². The lowest BCUT2D eigenvalue weighted by Crippen LogP contribution is -2.33. The maximum atomic E-state index is 13.5. The highest BCUT2D eigenvalue weighted by molar-refractivity contribution is 7.91. The van der Waals surface area contributed by atoms with Gasteiger partial charge in [0, 0.05) is 6.04 Å². The summed E-state index contributed by atoms with van der Waals surface area (Å²) in [4.78, 5) is 0.302. The Balaban J connectivity index is 1.76. The maximum absolute atomic E-state index is 13.5. The first-order valence-electron chi connectivity index (χ1n) is 7.82. The Labute approximate surface area is 125 Å². The minimum atomic E-state index is -3.24. The highest BCUT2D eigenvalue weighted by Crippen LogP contribution is 2.33. The number of hydrogen-bond acceptors (Lipinski definition) is 3. The van der Waals surface area contributed by atoms with Crippen LogP contribution in [0.5, 0.6) is 0 Å². The summed E-state index contributed by atoms with van der Waals surface area (Å²) in [5.74, 6) is 0.457. The molecule has 3 nitrogen and oxygen atoms in total. The van der Waals surface area contributed by atoms with Crippen LogP contribution >= 0.6 is 0 Å². The molecule has 1 fully saturated rings. The molecule has 21 heavy (non-hydrogen) atoms. The molecule has 116 valence electrons. The van der Waals surface area contributed by atoms with Gasteiger partial charge in [-0.2, -0.15) is 0 Å². The number of nitrogens with one attached hydrogen (secondary N) is 1. The molecule has 5 heteroatoms. The largest absolute Gasteiger partial charge is 0.310 e. The molecule has 1 saturated carbocycles. The van der Waals surface area contributed by atoms with E-state index in [9.17, 15) is 12.8 Å². The van der Waals surface area contributed by atoms with Gasteiger partial charge in [-0.25, -0.2) is 12.8 Å². The zero-order valence-electron chi connectivity index (χ0n) is 12.1. The summed E-state index contributed by atoms with van der Waals surface area (Å²) in [7, 11) is -3.24. The first-order valence-corrected chi connectivity index (χ1v) is 9.47. The summed E-state index contributed by atoms with van der Waals surface area (Å²) in [5, 5.41) is 3.48. The van der Waals surface area contributed by atoms with Crippen molar-refractivity contribution in [2.45, 2.75) is 49.5 Å². The monoisotopic (exact) mass is 311 g/mol. The normalized spacial score (nSPS) is 25.5. The third kappa shape index (κ3) is 3.29. The van der Waals surface area contributed by atoms with E-state index in [4.69, 9.17) is 0 Å². The van der Waals surface area contributed by atoms with Gasteiger partial charge in [-0.05, 0) is 55.5 Å². The molecule has 0 spiro atoms. The minimum Gasteiger partial charge on any atom is -0.310 e. The summed E-state index contributed by atoms with van der Waals surface area (Å²) in [6.45, 7) is 0.903. The number of fused-ring (bicyclic) bond motifs is 1. The summed E-state index contributed by atoms with van der Waals surface area (Å²) in [5.41, 5.74) is 0.608. The van der Waals surface area contributed by atoms with Gasteiger partial charge in [0.1, 0.15) is 5.82 Å². The van der Waals surface area contributed by atoms with Crippen LogP contribution in [0.1, 0.15) is 50.1 Å². The van der Waals surface area contributed by atoms with Gasteiger partial charge >= 0.3 is 0 Å². The van der Waals surface area contributed by atoms with E-state index >= 15 is 0 Å². The number of benzene rings is 1. The molecule has 0 bridgehead atoms. The van der Waals surface area contributed by atoms with Crippen molar-refractivity contribution in [2.24, 2.45) is 5.92 Å². The molecule has 3 rings (SSSR count). The predicted molar refractivity (Wildman–Crippen MR) is 80.4 cm³/mol. The summed E-state index contributed by atoms with van der Waals surface area (Å²) < 4.78 is 37.7. The lowest BCUT2D eigenvalue weighted by atomic mass is 9.89. The van der Waals surface area contributed by atoms with Gasteiger partial charge in [-0.15, -0.1) is 0 Å². The Morgan fingerprint density at radius 1 is 1.14 bits per heavy atom. The van der Waals surface area contributed by atoms with Gasteiger partial charge < -0.3 is 5.32 Å². The van der Waals surface area contributed by atoms with Gasteiger partial charge in [-0.3, -0.25) is 0 Å². The molecule has 1 aromatic rings. The van der Waals surface area contributed by atoms with Crippen LogP contribution in [-0.4, -0.2) is 20.7 Å². The number of rotatable bonds is 3. The highest BCUT2D eigenvalue weighted by Gasteiger charge is 2.30. The van der Waals surface area contributed by atoms with Crippen LogP contribution in [0.2, 0.25) is 0 Å². The highest BCUT2D eigenvalue weighted by atomic mass is 32.2. The summed E-state index contributed by atoms with van der Waals surface area (Å²) in [6.07, 6.45) is 6.92. The van der Waals surface area contributed by atoms with Crippen molar-refractivity contribution in [3.63, 3.8) is 0 Å². The van der Waals surface area contributed by atoms with Crippen molar-refractivity contribution in [3.8, 4) is 0 Å². The smallest absolute Gasteiger partial charge is 0.178 e. The molecular weight excluding hydrogens is 289 g/mol. The molecule has 1 aliphatic heterocycles. The average molecular weight is 311 g/mol. The second kappa shape index (κ2) is 6.05. The fourth-order valence-electron chi connectivity index (χ4n) is 3.53. The van der Waals surface area contributed by atoms with Crippen molar-refractivity contribution in [1.82, 2.24) is 5.32 Å². The lowest BCUT2D eigenvalue weighted by Gasteiger charge is -2.29. The number of halogens is 1. The van der Waals surface area contributed by atoms with E-state index in [1.54, 1.807) is 0 Å². The van der Waals surface area contributed by atoms with E-state index in [0.29, 0.717) is 22.8 Å². The van der Waals surface area contributed by atoms with Crippen LogP contribution in [0.25, 0.3) is 0 Å². The third-order valence-corrected chi connectivity index (χ3v) is 6.55. The van der Waals surface area contributed by atoms with Gasteiger partial charge in [0.05, 0.1) is 10.6 Å². The standard InChI is InChI=1S/C16H22FNO2S/c17-13-6-7-16-14(10-13)15(8-9-21(16,19)20)18-11-12-4-2-1-3-5-12/h6-7,10,12,15,18H,1-5,8-9,11H2. The summed E-state index contributed by atoms with van der Waals surface area (Å²) >= 11 is 0. The zero-order chi connectivity index (χ0) is 14.9. The van der Waals surface area contributed by atoms with Crippen LogP contribution in [0.15, 0.2) is 23.1 Å². The van der Waals surface area contributed by atoms with Crippen LogP contribution in [0.3, 0.4) is 0 Å². The third-order valence-electron chi connectivity index (χ3n) is 4.74. The Kier molecular flexibility index (Phi) is 4.31. The topological polar surface area (TPSA) is 46.2 Å². The van der Waals surface area contributed by atoms with Crippen molar-refractivity contribution in [1.29, 1.82) is 0 Å². The van der Waals surface area contributed by atoms with E-state index in [1.807, 2.05) is 0 Å². The van der Waals surface area contributed by atoms with E-state index in [1.165, 1.54) is 50.3 Å². The van der Waals surface area contributed by atoms with Crippen molar-refractivity contribution in [3.05, 3.63) is 29.6 Å². The second-order valence-electron chi connectivity index (χ2n) is 6.25. The SMILES string of the molecule is O=S1(=O)CCC(NCC2CCCCC2)c2cc(F)ccc21. The Hall–Kier alpha value is -0.940. The van der Waals surface area contributed by atoms with E-state index in [-0.39, 0.29) is 17.6 Å². The van der Waals surface area contributed by atoms with E-state index < -0.39 is 9.84 Å². The van der Waals surface area contributed by atoms with Crippen molar-refractivity contribution >= 4 is 9.84 Å². The molecule has 2 aliphatic rings. The lowest BCUT2D eigenvalue weighted by molar-refractivity contribution is 0.324. The first kappa shape index (κ1) is 15.0. The molecule has 0 amide bonds. The second-order valence-corrected chi connectivity index (χ2v) is 8.33. The van der Waals surface area contributed by atoms with Crippen LogP contribution < -0.4 is 5.32 Å². The molecule has 1 atom stereocenters. The summed E-state index contributed by atoms with van der Waals surface area (Å²) in [6, 6.07) is 3.99. The van der Waals surface area contributed by atoms with Crippen LogP contribution in [0.4, 0.5) is 4.39 Å². The first-order chi connectivity index (χ1) is 10.1. The predicted octanol–water partition coefficient (Wildman–Crippen LogP) is 3.21. The maximum Gasteiger partial charge on any atom is 0.178 e. The van der Waals surface area contributed by atoms with Gasteiger partial charge in [0.25, 0.3) is 0 Å². The molecule has 1 aliphatic carbocycles. The molecule has 0 saturated heterocycles. The van der Waals surface area contributed by atoms with Gasteiger partial charge in [0.2, 0.25) is 0 Å².